The standard InChI is InChI=1S/C18H14FN5O/c1-10-9-20-11(2)18-22-17(23-24(10)18)6-4-13-8-16(25)14-5-3-12(19)7-15(14)21-13/h3-9H,1-2H3,(H,21,25). The van der Waals surface area contributed by atoms with Gasteiger partial charge in [-0.05, 0) is 44.2 Å². The summed E-state index contributed by atoms with van der Waals surface area (Å²) in [6, 6.07) is 5.51. The molecule has 0 fully saturated rings. The van der Waals surface area contributed by atoms with Gasteiger partial charge < -0.3 is 4.98 Å². The lowest BCUT2D eigenvalue weighted by atomic mass is 10.2. The SMILES string of the molecule is Cc1ncc(C)n2nc(C=Cc3cc(=O)c4ccc(F)cc4[nH]3)nc12. The molecule has 0 spiro atoms. The predicted octanol–water partition coefficient (Wildman–Crippen LogP) is 2.89. The first kappa shape index (κ1) is 15.2. The van der Waals surface area contributed by atoms with Crippen LogP contribution in [0, 0.1) is 19.7 Å². The van der Waals surface area contributed by atoms with Crippen LogP contribution in [0.15, 0.2) is 35.3 Å². The van der Waals surface area contributed by atoms with E-state index in [1.54, 1.807) is 22.9 Å². The van der Waals surface area contributed by atoms with Crippen LogP contribution in [0.2, 0.25) is 0 Å². The van der Waals surface area contributed by atoms with Crippen molar-refractivity contribution in [1.82, 2.24) is 24.6 Å². The summed E-state index contributed by atoms with van der Waals surface area (Å²) in [6.45, 7) is 3.77. The summed E-state index contributed by atoms with van der Waals surface area (Å²) in [6.07, 6.45) is 5.13. The van der Waals surface area contributed by atoms with E-state index in [0.29, 0.717) is 28.1 Å². The first-order chi connectivity index (χ1) is 12.0. The molecule has 25 heavy (non-hydrogen) atoms. The third-order valence-electron chi connectivity index (χ3n) is 3.95. The fourth-order valence-corrected chi connectivity index (χ4v) is 2.68. The fourth-order valence-electron chi connectivity index (χ4n) is 2.68. The van der Waals surface area contributed by atoms with Gasteiger partial charge in [0, 0.05) is 23.3 Å². The first-order valence-electron chi connectivity index (χ1n) is 7.71. The van der Waals surface area contributed by atoms with Gasteiger partial charge in [-0.25, -0.2) is 13.9 Å². The molecule has 0 aliphatic carbocycles. The monoisotopic (exact) mass is 335 g/mol. The van der Waals surface area contributed by atoms with E-state index < -0.39 is 5.82 Å². The number of nitrogens with one attached hydrogen (secondary N) is 1. The molecule has 3 aromatic heterocycles. The number of rotatable bonds is 2. The molecule has 0 saturated carbocycles. The van der Waals surface area contributed by atoms with Crippen molar-refractivity contribution in [3.8, 4) is 0 Å². The molecular weight excluding hydrogens is 321 g/mol. The Morgan fingerprint density at radius 1 is 1.20 bits per heavy atom. The number of aromatic amines is 1. The molecule has 1 N–H and O–H groups in total. The maximum absolute atomic E-state index is 13.4. The average molecular weight is 335 g/mol. The fraction of sp³-hybridized carbons (Fsp3) is 0.111. The van der Waals surface area contributed by atoms with Gasteiger partial charge in [0.2, 0.25) is 0 Å². The van der Waals surface area contributed by atoms with E-state index in [4.69, 9.17) is 0 Å². The van der Waals surface area contributed by atoms with Crippen molar-refractivity contribution < 1.29 is 4.39 Å². The molecule has 0 atom stereocenters. The van der Waals surface area contributed by atoms with E-state index in [0.717, 1.165) is 11.4 Å². The van der Waals surface area contributed by atoms with Crippen LogP contribution in [0.3, 0.4) is 0 Å². The molecule has 0 bridgehead atoms. The molecule has 1 aromatic carbocycles. The number of nitrogens with zero attached hydrogens (tertiary/aromatic N) is 4. The molecule has 7 heteroatoms. The van der Waals surface area contributed by atoms with E-state index in [-0.39, 0.29) is 5.43 Å². The van der Waals surface area contributed by atoms with Gasteiger partial charge in [-0.2, -0.15) is 0 Å². The zero-order chi connectivity index (χ0) is 17.6. The molecule has 0 radical (unpaired) electrons. The largest absolute Gasteiger partial charge is 0.355 e. The van der Waals surface area contributed by atoms with Gasteiger partial charge in [0.05, 0.1) is 16.9 Å². The Labute approximate surface area is 141 Å². The smallest absolute Gasteiger partial charge is 0.189 e. The maximum Gasteiger partial charge on any atom is 0.189 e. The maximum atomic E-state index is 13.4. The molecule has 124 valence electrons. The van der Waals surface area contributed by atoms with Crippen molar-refractivity contribution in [2.24, 2.45) is 0 Å². The lowest BCUT2D eigenvalue weighted by Gasteiger charge is -2.00. The van der Waals surface area contributed by atoms with Gasteiger partial charge in [-0.3, -0.25) is 9.78 Å². The quantitative estimate of drug-likeness (QED) is 0.611. The zero-order valence-electron chi connectivity index (χ0n) is 13.6. The van der Waals surface area contributed by atoms with E-state index in [2.05, 4.69) is 20.1 Å². The van der Waals surface area contributed by atoms with E-state index in [1.807, 2.05) is 13.8 Å². The molecule has 0 saturated heterocycles. The van der Waals surface area contributed by atoms with Gasteiger partial charge in [0.15, 0.2) is 16.9 Å². The van der Waals surface area contributed by atoms with Gasteiger partial charge in [0.25, 0.3) is 0 Å². The predicted molar refractivity (Wildman–Crippen MR) is 93.7 cm³/mol. The molecule has 0 unspecified atom stereocenters. The highest BCUT2D eigenvalue weighted by Crippen LogP contribution is 2.13. The average Bonchev–Trinajstić information content (AvgIpc) is 3.02. The Kier molecular flexibility index (Phi) is 3.42. The molecule has 0 amide bonds. The topological polar surface area (TPSA) is 75.9 Å². The third-order valence-corrected chi connectivity index (χ3v) is 3.95. The lowest BCUT2D eigenvalue weighted by molar-refractivity contribution is 0.629. The number of aryl methyl sites for hydroxylation is 2. The van der Waals surface area contributed by atoms with Crippen LogP contribution in [-0.4, -0.2) is 24.6 Å². The number of pyridine rings is 1. The molecular formula is C18H14FN5O. The Bertz CT molecular complexity index is 1170. The zero-order valence-corrected chi connectivity index (χ0v) is 13.6. The highest BCUT2D eigenvalue weighted by molar-refractivity contribution is 5.80. The second-order valence-electron chi connectivity index (χ2n) is 5.80. The van der Waals surface area contributed by atoms with Crippen molar-refractivity contribution in [1.29, 1.82) is 0 Å². The van der Waals surface area contributed by atoms with Gasteiger partial charge in [0.1, 0.15) is 5.82 Å². The van der Waals surface area contributed by atoms with E-state index in [9.17, 15) is 9.18 Å². The Balaban J connectivity index is 1.77. The summed E-state index contributed by atoms with van der Waals surface area (Å²) < 4.78 is 15.1. The normalized spacial score (nSPS) is 11.8. The van der Waals surface area contributed by atoms with Gasteiger partial charge in [-0.1, -0.05) is 0 Å². The second-order valence-corrected chi connectivity index (χ2v) is 5.80. The molecule has 4 aromatic rings. The van der Waals surface area contributed by atoms with Crippen molar-refractivity contribution in [3.63, 3.8) is 0 Å². The van der Waals surface area contributed by atoms with Crippen LogP contribution >= 0.6 is 0 Å². The highest BCUT2D eigenvalue weighted by Gasteiger charge is 2.07. The Morgan fingerprint density at radius 3 is 2.84 bits per heavy atom. The van der Waals surface area contributed by atoms with Crippen LogP contribution in [0.1, 0.15) is 22.9 Å². The summed E-state index contributed by atoms with van der Waals surface area (Å²) in [7, 11) is 0. The number of benzene rings is 1. The first-order valence-corrected chi connectivity index (χ1v) is 7.71. The summed E-state index contributed by atoms with van der Waals surface area (Å²) in [4.78, 5) is 23.9. The van der Waals surface area contributed by atoms with Crippen molar-refractivity contribution in [3.05, 3.63) is 69.4 Å². The van der Waals surface area contributed by atoms with Crippen LogP contribution < -0.4 is 5.43 Å². The van der Waals surface area contributed by atoms with Gasteiger partial charge in [-0.15, -0.1) is 5.10 Å². The molecule has 0 aliphatic rings. The van der Waals surface area contributed by atoms with Crippen LogP contribution in [0.5, 0.6) is 0 Å². The van der Waals surface area contributed by atoms with E-state index >= 15 is 0 Å². The second kappa shape index (κ2) is 5.62. The number of aromatic nitrogens is 5. The van der Waals surface area contributed by atoms with Crippen molar-refractivity contribution in [2.45, 2.75) is 13.8 Å². The summed E-state index contributed by atoms with van der Waals surface area (Å²) in [5, 5.41) is 4.86. The summed E-state index contributed by atoms with van der Waals surface area (Å²) >= 11 is 0. The van der Waals surface area contributed by atoms with Crippen molar-refractivity contribution in [2.75, 3.05) is 0 Å². The minimum Gasteiger partial charge on any atom is -0.355 e. The van der Waals surface area contributed by atoms with Crippen LogP contribution in [-0.2, 0) is 0 Å². The molecule has 6 nitrogen and oxygen atoms in total. The minimum absolute atomic E-state index is 0.174. The lowest BCUT2D eigenvalue weighted by Crippen LogP contribution is -2.03. The number of fused-ring (bicyclic) bond motifs is 2. The Hall–Kier alpha value is -3.35. The molecule has 3 heterocycles. The number of hydrogen-bond donors (Lipinski definition) is 1. The summed E-state index contributed by atoms with van der Waals surface area (Å²) in [5.74, 6) is 0.101. The van der Waals surface area contributed by atoms with Crippen LogP contribution in [0.25, 0.3) is 28.7 Å². The molecule has 4 rings (SSSR count). The number of hydrogen-bond acceptors (Lipinski definition) is 4. The van der Waals surface area contributed by atoms with Crippen LogP contribution in [0.4, 0.5) is 4.39 Å². The van der Waals surface area contributed by atoms with Gasteiger partial charge >= 0.3 is 0 Å². The van der Waals surface area contributed by atoms with E-state index in [1.165, 1.54) is 24.3 Å². The third kappa shape index (κ3) is 2.69. The highest BCUT2D eigenvalue weighted by atomic mass is 19.1. The number of H-pyrrole nitrogens is 1. The number of halogens is 1. The Morgan fingerprint density at radius 2 is 2.04 bits per heavy atom. The molecule has 0 aliphatic heterocycles. The summed E-state index contributed by atoms with van der Waals surface area (Å²) in [5.41, 5.74) is 3.18. The minimum atomic E-state index is -0.398. The van der Waals surface area contributed by atoms with Crippen molar-refractivity contribution >= 4 is 28.7 Å².